The number of phenolic OH excluding ortho intramolecular Hbond substituents is 1. The highest BCUT2D eigenvalue weighted by atomic mass is 16.4. The van der Waals surface area contributed by atoms with Crippen LogP contribution >= 0.6 is 0 Å². The summed E-state index contributed by atoms with van der Waals surface area (Å²) in [6.07, 6.45) is -0.213. The van der Waals surface area contributed by atoms with Gasteiger partial charge in [0.15, 0.2) is 0 Å². The van der Waals surface area contributed by atoms with Gasteiger partial charge in [-0.05, 0) is 23.6 Å². The van der Waals surface area contributed by atoms with Crippen molar-refractivity contribution in [1.29, 1.82) is 0 Å². The van der Waals surface area contributed by atoms with E-state index in [-0.39, 0.29) is 24.3 Å². The number of allylic oxidation sites excluding steroid dienone is 1. The summed E-state index contributed by atoms with van der Waals surface area (Å²) in [5.74, 6) is -2.85. The summed E-state index contributed by atoms with van der Waals surface area (Å²) < 4.78 is 0. The molecular weight excluding hydrogens is 424 g/mol. The second-order valence-corrected chi connectivity index (χ2v) is 8.79. The smallest absolute Gasteiger partial charge is 0.326 e. The van der Waals surface area contributed by atoms with Crippen molar-refractivity contribution >= 4 is 23.5 Å². The van der Waals surface area contributed by atoms with Crippen LogP contribution < -0.4 is 10.6 Å². The van der Waals surface area contributed by atoms with Gasteiger partial charge in [-0.25, -0.2) is 4.79 Å². The molecule has 8 nitrogen and oxygen atoms in total. The maximum atomic E-state index is 13.3. The molecule has 2 aromatic rings. The number of carbonyl (C=O) groups excluding carboxylic acids is 2. The maximum Gasteiger partial charge on any atom is 0.326 e. The average molecular weight is 453 g/mol. The number of anilines is 1. The molecule has 8 heteroatoms. The lowest BCUT2D eigenvalue weighted by Gasteiger charge is -2.42. The SMILES string of the molecule is C=CC(C)(C)C1(CC(NC(=O)C(O)Cc2ccccc2)C(=O)O)C(=O)Nc2c(O)cccc21. The van der Waals surface area contributed by atoms with Crippen LogP contribution in [-0.2, 0) is 26.2 Å². The fourth-order valence-electron chi connectivity index (χ4n) is 4.35. The Bertz CT molecular complexity index is 1080. The summed E-state index contributed by atoms with van der Waals surface area (Å²) in [6.45, 7) is 7.30. The Morgan fingerprint density at radius 2 is 1.85 bits per heavy atom. The molecule has 0 aliphatic carbocycles. The van der Waals surface area contributed by atoms with Crippen LogP contribution in [0.1, 0.15) is 31.4 Å². The highest BCUT2D eigenvalue weighted by Crippen LogP contribution is 2.54. The third-order valence-corrected chi connectivity index (χ3v) is 6.44. The van der Waals surface area contributed by atoms with E-state index in [2.05, 4.69) is 17.2 Å². The number of nitrogens with one attached hydrogen (secondary N) is 2. The van der Waals surface area contributed by atoms with E-state index in [1.165, 1.54) is 6.07 Å². The van der Waals surface area contributed by atoms with Gasteiger partial charge in [-0.1, -0.05) is 62.4 Å². The van der Waals surface area contributed by atoms with Gasteiger partial charge in [0.2, 0.25) is 11.8 Å². The van der Waals surface area contributed by atoms with Crippen molar-refractivity contribution in [2.75, 3.05) is 5.32 Å². The van der Waals surface area contributed by atoms with Crippen molar-refractivity contribution in [3.8, 4) is 5.75 Å². The zero-order valence-electron chi connectivity index (χ0n) is 18.5. The molecule has 0 spiro atoms. The van der Waals surface area contributed by atoms with Crippen LogP contribution in [0.25, 0.3) is 0 Å². The summed E-state index contributed by atoms with van der Waals surface area (Å²) in [6, 6.07) is 12.0. The normalized spacial score (nSPS) is 19.2. The Morgan fingerprint density at radius 1 is 1.18 bits per heavy atom. The molecule has 0 aromatic heterocycles. The highest BCUT2D eigenvalue weighted by molar-refractivity contribution is 6.09. The van der Waals surface area contributed by atoms with Crippen LogP contribution in [0, 0.1) is 5.41 Å². The number of aliphatic hydroxyl groups excluding tert-OH is 1. The number of carbonyl (C=O) groups is 3. The van der Waals surface area contributed by atoms with Crippen LogP contribution in [-0.4, -0.2) is 45.2 Å². The summed E-state index contributed by atoms with van der Waals surface area (Å²) in [5.41, 5.74) is -1.05. The lowest BCUT2D eigenvalue weighted by atomic mass is 9.59. The number of carboxylic acid groups (broad SMARTS) is 1. The molecule has 0 bridgehead atoms. The van der Waals surface area contributed by atoms with Crippen LogP contribution in [0.5, 0.6) is 5.75 Å². The van der Waals surface area contributed by atoms with Crippen molar-refractivity contribution in [1.82, 2.24) is 5.32 Å². The third-order valence-electron chi connectivity index (χ3n) is 6.44. The van der Waals surface area contributed by atoms with Gasteiger partial charge in [0.25, 0.3) is 0 Å². The number of rotatable bonds is 9. The second-order valence-electron chi connectivity index (χ2n) is 8.79. The highest BCUT2D eigenvalue weighted by Gasteiger charge is 2.57. The first kappa shape index (κ1) is 24.0. The lowest BCUT2D eigenvalue weighted by Crippen LogP contribution is -2.55. The van der Waals surface area contributed by atoms with Crippen molar-refractivity contribution in [2.24, 2.45) is 5.41 Å². The molecule has 2 aromatic carbocycles. The number of aliphatic hydroxyl groups is 1. The Hall–Kier alpha value is -3.65. The number of hydrogen-bond donors (Lipinski definition) is 5. The van der Waals surface area contributed by atoms with Gasteiger partial charge in [0.1, 0.15) is 17.9 Å². The van der Waals surface area contributed by atoms with E-state index in [1.54, 1.807) is 62.4 Å². The molecule has 1 aliphatic rings. The zero-order valence-corrected chi connectivity index (χ0v) is 18.5. The summed E-state index contributed by atoms with van der Waals surface area (Å²) in [7, 11) is 0. The number of para-hydroxylation sites is 1. The van der Waals surface area contributed by atoms with E-state index >= 15 is 0 Å². The van der Waals surface area contributed by atoms with Crippen LogP contribution in [0.2, 0.25) is 0 Å². The number of amides is 2. The lowest BCUT2D eigenvalue weighted by molar-refractivity contribution is -0.145. The molecule has 3 atom stereocenters. The summed E-state index contributed by atoms with van der Waals surface area (Å²) in [5, 5.41) is 35.5. The van der Waals surface area contributed by atoms with Crippen LogP contribution in [0.15, 0.2) is 61.2 Å². The molecule has 5 N–H and O–H groups in total. The van der Waals surface area contributed by atoms with Gasteiger partial charge >= 0.3 is 5.97 Å². The molecule has 0 radical (unpaired) electrons. The van der Waals surface area contributed by atoms with Gasteiger partial charge in [-0.2, -0.15) is 0 Å². The molecular formula is C25H28N2O6. The fourth-order valence-corrected chi connectivity index (χ4v) is 4.35. The van der Waals surface area contributed by atoms with Gasteiger partial charge < -0.3 is 26.0 Å². The van der Waals surface area contributed by atoms with E-state index in [0.29, 0.717) is 5.56 Å². The minimum Gasteiger partial charge on any atom is -0.506 e. The first-order chi connectivity index (χ1) is 15.5. The Balaban J connectivity index is 1.94. The number of aromatic hydroxyl groups is 1. The number of aliphatic carboxylic acids is 1. The molecule has 0 saturated heterocycles. The van der Waals surface area contributed by atoms with Gasteiger partial charge in [0, 0.05) is 11.8 Å². The minimum absolute atomic E-state index is 0.0134. The second kappa shape index (κ2) is 9.07. The number of benzene rings is 2. The first-order valence-corrected chi connectivity index (χ1v) is 10.6. The van der Waals surface area contributed by atoms with Crippen LogP contribution in [0.3, 0.4) is 0 Å². The van der Waals surface area contributed by atoms with E-state index in [9.17, 15) is 29.7 Å². The number of carboxylic acids is 1. The largest absolute Gasteiger partial charge is 0.506 e. The molecule has 1 heterocycles. The first-order valence-electron chi connectivity index (χ1n) is 10.6. The summed E-state index contributed by atoms with van der Waals surface area (Å²) in [4.78, 5) is 38.1. The Labute approximate surface area is 192 Å². The van der Waals surface area contributed by atoms with Gasteiger partial charge in [-0.3, -0.25) is 9.59 Å². The molecule has 0 fully saturated rings. The van der Waals surface area contributed by atoms with E-state index in [1.807, 2.05) is 0 Å². The average Bonchev–Trinajstić information content (AvgIpc) is 3.07. The molecule has 3 unspecified atom stereocenters. The molecule has 174 valence electrons. The molecule has 0 saturated carbocycles. The number of phenols is 1. The van der Waals surface area contributed by atoms with Crippen molar-refractivity contribution in [3.05, 3.63) is 72.3 Å². The van der Waals surface area contributed by atoms with E-state index < -0.39 is 40.8 Å². The quantitative estimate of drug-likeness (QED) is 0.293. The maximum absolute atomic E-state index is 13.3. The summed E-state index contributed by atoms with van der Waals surface area (Å²) >= 11 is 0. The standard InChI is InChI=1S/C25H28N2O6/c1-4-24(2,3)25(16-11-8-12-18(28)20(16)27-23(25)33)14-17(22(31)32)26-21(30)19(29)13-15-9-6-5-7-10-15/h4-12,17,19,28-29H,1,13-14H2,2-3H3,(H,26,30)(H,27,33)(H,31,32). The molecule has 3 rings (SSSR count). The Morgan fingerprint density at radius 3 is 2.45 bits per heavy atom. The monoisotopic (exact) mass is 452 g/mol. The fraction of sp³-hybridized carbons (Fsp3) is 0.320. The zero-order chi connectivity index (χ0) is 24.4. The minimum atomic E-state index is -1.49. The third kappa shape index (κ3) is 4.34. The van der Waals surface area contributed by atoms with Gasteiger partial charge in [0.05, 0.1) is 11.1 Å². The molecule has 33 heavy (non-hydrogen) atoms. The molecule has 2 amide bonds. The Kier molecular flexibility index (Phi) is 6.60. The van der Waals surface area contributed by atoms with Crippen molar-refractivity contribution < 1.29 is 29.7 Å². The van der Waals surface area contributed by atoms with Crippen LogP contribution in [0.4, 0.5) is 5.69 Å². The van der Waals surface area contributed by atoms with Crippen molar-refractivity contribution in [3.63, 3.8) is 0 Å². The van der Waals surface area contributed by atoms with Gasteiger partial charge in [-0.15, -0.1) is 6.58 Å². The van der Waals surface area contributed by atoms with Crippen molar-refractivity contribution in [2.45, 2.75) is 44.2 Å². The molecule has 1 aliphatic heterocycles. The van der Waals surface area contributed by atoms with E-state index in [4.69, 9.17) is 0 Å². The number of fused-ring (bicyclic) bond motifs is 1. The van der Waals surface area contributed by atoms with E-state index in [0.717, 1.165) is 5.56 Å². The number of hydrogen-bond acceptors (Lipinski definition) is 5. The predicted molar refractivity (Wildman–Crippen MR) is 123 cm³/mol. The predicted octanol–water partition coefficient (Wildman–Crippen LogP) is 2.36. The topological polar surface area (TPSA) is 136 Å².